The van der Waals surface area contributed by atoms with Gasteiger partial charge in [0.15, 0.2) is 0 Å². The molecule has 0 aliphatic heterocycles. The van der Waals surface area contributed by atoms with Gasteiger partial charge in [-0.2, -0.15) is 0 Å². The fraction of sp³-hybridized carbons (Fsp3) is 0.235. The highest BCUT2D eigenvalue weighted by atomic mass is 32.1. The third-order valence-corrected chi connectivity index (χ3v) is 3.94. The molecule has 2 aromatic rings. The van der Waals surface area contributed by atoms with Crippen molar-refractivity contribution in [3.63, 3.8) is 0 Å². The summed E-state index contributed by atoms with van der Waals surface area (Å²) in [7, 11) is 0. The number of carbonyl (C=O) groups excluding carboxylic acids is 1. The molecule has 0 aliphatic carbocycles. The average Bonchev–Trinajstić information content (AvgIpc) is 2.89. The highest BCUT2D eigenvalue weighted by Crippen LogP contribution is 2.15. The molecule has 0 saturated carbocycles. The minimum absolute atomic E-state index is 0.146. The summed E-state index contributed by atoms with van der Waals surface area (Å²) < 4.78 is 0. The van der Waals surface area contributed by atoms with Crippen LogP contribution in [0.15, 0.2) is 30.3 Å². The van der Waals surface area contributed by atoms with Crippen LogP contribution in [0.25, 0.3) is 0 Å². The fourth-order valence-corrected chi connectivity index (χ4v) is 2.76. The Balaban J connectivity index is 2.15. The van der Waals surface area contributed by atoms with Crippen LogP contribution in [0.2, 0.25) is 0 Å². The number of aryl methyl sites for hydroxylation is 2. The second-order valence-electron chi connectivity index (χ2n) is 4.70. The van der Waals surface area contributed by atoms with Gasteiger partial charge >= 0.3 is 0 Å². The quantitative estimate of drug-likeness (QED) is 0.856. The molecule has 108 valence electrons. The van der Waals surface area contributed by atoms with Crippen LogP contribution >= 0.6 is 11.3 Å². The predicted molar refractivity (Wildman–Crippen MR) is 85.4 cm³/mol. The molecule has 2 N–H and O–H groups in total. The lowest BCUT2D eigenvalue weighted by Gasteiger charge is -2.07. The Hall–Kier alpha value is -2.09. The number of thiophene rings is 1. The zero-order chi connectivity index (χ0) is 15.2. The van der Waals surface area contributed by atoms with Gasteiger partial charge in [-0.3, -0.25) is 4.79 Å². The van der Waals surface area contributed by atoms with Crippen LogP contribution in [-0.2, 0) is 6.54 Å². The van der Waals surface area contributed by atoms with Gasteiger partial charge in [-0.25, -0.2) is 0 Å². The largest absolute Gasteiger partial charge is 0.384 e. The molecule has 0 bridgehead atoms. The second-order valence-corrected chi connectivity index (χ2v) is 6.08. The van der Waals surface area contributed by atoms with Crippen molar-refractivity contribution in [2.45, 2.75) is 20.4 Å². The van der Waals surface area contributed by atoms with Crippen LogP contribution in [-0.4, -0.2) is 17.6 Å². The van der Waals surface area contributed by atoms with Crippen molar-refractivity contribution in [3.8, 4) is 11.8 Å². The number of rotatable bonds is 3. The van der Waals surface area contributed by atoms with E-state index in [-0.39, 0.29) is 12.5 Å². The van der Waals surface area contributed by atoms with E-state index in [1.165, 1.54) is 4.88 Å². The highest BCUT2D eigenvalue weighted by molar-refractivity contribution is 7.11. The summed E-state index contributed by atoms with van der Waals surface area (Å²) in [5.74, 6) is 5.25. The van der Waals surface area contributed by atoms with Crippen molar-refractivity contribution in [3.05, 3.63) is 56.8 Å². The first kappa shape index (κ1) is 15.3. The van der Waals surface area contributed by atoms with E-state index in [9.17, 15) is 4.79 Å². The minimum atomic E-state index is -0.219. The molecule has 0 spiro atoms. The highest BCUT2D eigenvalue weighted by Gasteiger charge is 2.10. The Morgan fingerprint density at radius 3 is 2.76 bits per heavy atom. The molecule has 2 rings (SSSR count). The van der Waals surface area contributed by atoms with E-state index >= 15 is 0 Å². The summed E-state index contributed by atoms with van der Waals surface area (Å²) in [6.45, 7) is 4.27. The van der Waals surface area contributed by atoms with Crippen molar-refractivity contribution in [1.29, 1.82) is 0 Å². The van der Waals surface area contributed by atoms with E-state index in [4.69, 9.17) is 5.11 Å². The summed E-state index contributed by atoms with van der Waals surface area (Å²) >= 11 is 1.67. The standard InChI is InChI=1S/C17H17NO2S/c1-12-5-7-14(4-3-9-19)16(10-12)17(20)18-11-15-8-6-13(2)21-15/h5-8,10,19H,9,11H2,1-2H3,(H,18,20). The summed E-state index contributed by atoms with van der Waals surface area (Å²) in [4.78, 5) is 14.7. The van der Waals surface area contributed by atoms with Gasteiger partial charge in [0.05, 0.1) is 12.1 Å². The Kier molecular flexibility index (Phi) is 5.15. The van der Waals surface area contributed by atoms with Gasteiger partial charge in [0.2, 0.25) is 0 Å². The number of hydrogen-bond donors (Lipinski definition) is 2. The van der Waals surface area contributed by atoms with Gasteiger partial charge in [0.1, 0.15) is 6.61 Å². The van der Waals surface area contributed by atoms with Crippen molar-refractivity contribution in [1.82, 2.24) is 5.32 Å². The monoisotopic (exact) mass is 299 g/mol. The van der Waals surface area contributed by atoms with Crippen molar-refractivity contribution >= 4 is 17.2 Å². The number of aliphatic hydroxyl groups is 1. The summed E-state index contributed by atoms with van der Waals surface area (Å²) in [6.07, 6.45) is 0. The van der Waals surface area contributed by atoms with Gasteiger partial charge in [-0.15, -0.1) is 11.3 Å². The van der Waals surface area contributed by atoms with Crippen LogP contribution in [0.4, 0.5) is 0 Å². The maximum atomic E-state index is 12.3. The molecule has 4 heteroatoms. The molecule has 3 nitrogen and oxygen atoms in total. The van der Waals surface area contributed by atoms with E-state index in [1.807, 2.05) is 44.2 Å². The summed E-state index contributed by atoms with van der Waals surface area (Å²) in [6, 6.07) is 9.58. The van der Waals surface area contributed by atoms with Crippen LogP contribution in [0, 0.1) is 25.7 Å². The summed E-state index contributed by atoms with van der Waals surface area (Å²) in [5, 5.41) is 11.7. The molecule has 1 amide bonds. The fourth-order valence-electron chi connectivity index (χ4n) is 1.93. The first-order chi connectivity index (χ1) is 10.1. The van der Waals surface area contributed by atoms with E-state index in [0.717, 1.165) is 10.4 Å². The van der Waals surface area contributed by atoms with Crippen molar-refractivity contribution in [2.24, 2.45) is 0 Å². The molecule has 0 aliphatic rings. The summed E-state index contributed by atoms with van der Waals surface area (Å²) in [5.41, 5.74) is 2.18. The number of aliphatic hydroxyl groups excluding tert-OH is 1. The maximum Gasteiger partial charge on any atom is 0.252 e. The Bertz CT molecular complexity index is 707. The third kappa shape index (κ3) is 4.19. The smallest absolute Gasteiger partial charge is 0.252 e. The topological polar surface area (TPSA) is 49.3 Å². The lowest BCUT2D eigenvalue weighted by molar-refractivity contribution is 0.0951. The molecule has 1 heterocycles. The van der Waals surface area contributed by atoms with Gasteiger partial charge in [0.25, 0.3) is 5.91 Å². The van der Waals surface area contributed by atoms with Crippen LogP contribution in [0.5, 0.6) is 0 Å². The number of hydrogen-bond acceptors (Lipinski definition) is 3. The van der Waals surface area contributed by atoms with Crippen LogP contribution in [0.3, 0.4) is 0 Å². The lowest BCUT2D eigenvalue weighted by atomic mass is 10.0. The molecular weight excluding hydrogens is 282 g/mol. The average molecular weight is 299 g/mol. The molecule has 1 aromatic carbocycles. The van der Waals surface area contributed by atoms with Crippen molar-refractivity contribution in [2.75, 3.05) is 6.61 Å². The molecule has 0 atom stereocenters. The second kappa shape index (κ2) is 7.07. The normalized spacial score (nSPS) is 9.86. The zero-order valence-corrected chi connectivity index (χ0v) is 12.9. The van der Waals surface area contributed by atoms with Crippen LogP contribution < -0.4 is 5.32 Å². The molecule has 1 aromatic heterocycles. The predicted octanol–water partition coefficient (Wildman–Crippen LogP) is 2.64. The Labute approximate surface area is 128 Å². The molecule has 0 radical (unpaired) electrons. The lowest BCUT2D eigenvalue weighted by Crippen LogP contribution is -2.23. The first-order valence-corrected chi connectivity index (χ1v) is 7.45. The third-order valence-electron chi connectivity index (χ3n) is 2.94. The number of nitrogens with one attached hydrogen (secondary N) is 1. The number of carbonyl (C=O) groups is 1. The van der Waals surface area contributed by atoms with Gasteiger partial charge in [-0.1, -0.05) is 23.5 Å². The maximum absolute atomic E-state index is 12.3. The molecule has 0 fully saturated rings. The van der Waals surface area contributed by atoms with Crippen molar-refractivity contribution < 1.29 is 9.90 Å². The van der Waals surface area contributed by atoms with Crippen LogP contribution in [0.1, 0.15) is 31.2 Å². The van der Waals surface area contributed by atoms with E-state index in [1.54, 1.807) is 11.3 Å². The first-order valence-electron chi connectivity index (χ1n) is 6.64. The SMILES string of the molecule is Cc1ccc(C#CCO)c(C(=O)NCc2ccc(C)s2)c1. The zero-order valence-electron chi connectivity index (χ0n) is 12.1. The minimum Gasteiger partial charge on any atom is -0.384 e. The molecule has 21 heavy (non-hydrogen) atoms. The Morgan fingerprint density at radius 1 is 1.29 bits per heavy atom. The van der Waals surface area contributed by atoms with Gasteiger partial charge in [0, 0.05) is 15.3 Å². The van der Waals surface area contributed by atoms with Gasteiger partial charge in [-0.05, 0) is 38.1 Å². The number of amides is 1. The molecular formula is C17H17NO2S. The van der Waals surface area contributed by atoms with E-state index in [2.05, 4.69) is 17.2 Å². The number of benzene rings is 1. The van der Waals surface area contributed by atoms with E-state index < -0.39 is 0 Å². The molecule has 0 unspecified atom stereocenters. The van der Waals surface area contributed by atoms with Gasteiger partial charge < -0.3 is 10.4 Å². The van der Waals surface area contributed by atoms with E-state index in [0.29, 0.717) is 17.7 Å². The Morgan fingerprint density at radius 2 is 2.10 bits per heavy atom. The molecule has 0 saturated heterocycles.